The lowest BCUT2D eigenvalue weighted by Crippen LogP contribution is -2.47. The first-order valence-electron chi connectivity index (χ1n) is 7.67. The maximum atomic E-state index is 11.3. The van der Waals surface area contributed by atoms with E-state index in [2.05, 4.69) is 43.1 Å². The van der Waals surface area contributed by atoms with Crippen LogP contribution in [-0.2, 0) is 10.2 Å². The van der Waals surface area contributed by atoms with Gasteiger partial charge in [-0.3, -0.25) is 9.69 Å². The molecule has 1 aromatic carbocycles. The minimum absolute atomic E-state index is 0.125. The van der Waals surface area contributed by atoms with Crippen molar-refractivity contribution in [1.82, 2.24) is 10.2 Å². The van der Waals surface area contributed by atoms with Crippen LogP contribution in [0.5, 0.6) is 5.75 Å². The van der Waals surface area contributed by atoms with Gasteiger partial charge in [0, 0.05) is 19.6 Å². The fourth-order valence-corrected chi connectivity index (χ4v) is 2.41. The third-order valence-corrected chi connectivity index (χ3v) is 3.73. The van der Waals surface area contributed by atoms with E-state index in [1.165, 1.54) is 5.56 Å². The third kappa shape index (κ3) is 5.05. The Bertz CT molecular complexity index is 463. The summed E-state index contributed by atoms with van der Waals surface area (Å²) in [5.74, 6) is 1.04. The van der Waals surface area contributed by atoms with Gasteiger partial charge in [0.05, 0.1) is 13.2 Å². The average Bonchev–Trinajstić information content (AvgIpc) is 2.43. The van der Waals surface area contributed by atoms with Gasteiger partial charge in [0.25, 0.3) is 0 Å². The van der Waals surface area contributed by atoms with Crippen molar-refractivity contribution in [3.8, 4) is 5.75 Å². The zero-order valence-corrected chi connectivity index (χ0v) is 13.3. The van der Waals surface area contributed by atoms with Crippen molar-refractivity contribution in [2.75, 3.05) is 32.8 Å². The molecule has 1 aromatic rings. The van der Waals surface area contributed by atoms with Crippen molar-refractivity contribution in [2.24, 2.45) is 0 Å². The van der Waals surface area contributed by atoms with Crippen LogP contribution in [0.2, 0.25) is 0 Å². The second-order valence-electron chi connectivity index (χ2n) is 6.60. The molecule has 116 valence electrons. The number of nitrogens with zero attached hydrogens (tertiary/aromatic N) is 1. The molecule has 21 heavy (non-hydrogen) atoms. The number of hydrogen-bond donors (Lipinski definition) is 1. The molecule has 4 nitrogen and oxygen atoms in total. The van der Waals surface area contributed by atoms with E-state index in [1.807, 2.05) is 12.1 Å². The molecule has 0 spiro atoms. The summed E-state index contributed by atoms with van der Waals surface area (Å²) in [4.78, 5) is 13.4. The highest BCUT2D eigenvalue weighted by atomic mass is 16.5. The summed E-state index contributed by atoms with van der Waals surface area (Å²) >= 11 is 0. The topological polar surface area (TPSA) is 41.6 Å². The normalized spacial score (nSPS) is 16.6. The van der Waals surface area contributed by atoms with Gasteiger partial charge >= 0.3 is 0 Å². The Kier molecular flexibility index (Phi) is 5.23. The van der Waals surface area contributed by atoms with E-state index in [0.717, 1.165) is 31.8 Å². The largest absolute Gasteiger partial charge is 0.494 e. The van der Waals surface area contributed by atoms with E-state index in [9.17, 15) is 4.79 Å². The fourth-order valence-electron chi connectivity index (χ4n) is 2.41. The molecule has 0 bridgehead atoms. The third-order valence-electron chi connectivity index (χ3n) is 3.73. The van der Waals surface area contributed by atoms with E-state index in [-0.39, 0.29) is 11.3 Å². The number of nitrogens with one attached hydrogen (secondary N) is 1. The molecule has 4 heteroatoms. The Hall–Kier alpha value is -1.55. The number of benzene rings is 1. The molecule has 1 aliphatic heterocycles. The van der Waals surface area contributed by atoms with Gasteiger partial charge in [-0.1, -0.05) is 32.9 Å². The highest BCUT2D eigenvalue weighted by Gasteiger charge is 2.15. The van der Waals surface area contributed by atoms with Gasteiger partial charge < -0.3 is 10.1 Å². The minimum Gasteiger partial charge on any atom is -0.494 e. The quantitative estimate of drug-likeness (QED) is 0.845. The van der Waals surface area contributed by atoms with Gasteiger partial charge in [-0.05, 0) is 29.5 Å². The molecule has 1 N–H and O–H groups in total. The van der Waals surface area contributed by atoms with Gasteiger partial charge in [-0.2, -0.15) is 0 Å². The van der Waals surface area contributed by atoms with Gasteiger partial charge in [0.2, 0.25) is 5.91 Å². The van der Waals surface area contributed by atoms with Crippen molar-refractivity contribution in [3.05, 3.63) is 29.8 Å². The Labute approximate surface area is 127 Å². The molecular weight excluding hydrogens is 264 g/mol. The molecule has 2 rings (SSSR count). The molecule has 1 fully saturated rings. The first-order chi connectivity index (χ1) is 9.95. The average molecular weight is 290 g/mol. The predicted molar refractivity (Wildman–Crippen MR) is 84.7 cm³/mol. The summed E-state index contributed by atoms with van der Waals surface area (Å²) in [7, 11) is 0. The first-order valence-corrected chi connectivity index (χ1v) is 7.67. The van der Waals surface area contributed by atoms with Crippen LogP contribution >= 0.6 is 0 Å². The van der Waals surface area contributed by atoms with Crippen molar-refractivity contribution < 1.29 is 9.53 Å². The molecule has 0 radical (unpaired) electrons. The molecule has 0 atom stereocenters. The summed E-state index contributed by atoms with van der Waals surface area (Å²) in [6.45, 7) is 10.4. The van der Waals surface area contributed by atoms with Gasteiger partial charge in [-0.25, -0.2) is 0 Å². The summed E-state index contributed by atoms with van der Waals surface area (Å²) in [6.07, 6.45) is 0.939. The standard InChI is InChI=1S/C17H26N2O2/c1-17(2,3)14-5-7-15(8-6-14)21-12-4-10-19-11-9-18-16(20)13-19/h5-8H,4,9-13H2,1-3H3,(H,18,20). The second kappa shape index (κ2) is 6.94. The van der Waals surface area contributed by atoms with Crippen molar-refractivity contribution in [3.63, 3.8) is 0 Å². The number of carbonyl (C=O) groups is 1. The Balaban J connectivity index is 1.70. The van der Waals surface area contributed by atoms with E-state index < -0.39 is 0 Å². The number of rotatable bonds is 5. The van der Waals surface area contributed by atoms with Crippen LogP contribution < -0.4 is 10.1 Å². The lowest BCUT2D eigenvalue weighted by atomic mass is 9.87. The molecule has 0 aromatic heterocycles. The van der Waals surface area contributed by atoms with Crippen LogP contribution in [0.1, 0.15) is 32.8 Å². The maximum absolute atomic E-state index is 11.3. The zero-order chi connectivity index (χ0) is 15.3. The van der Waals surface area contributed by atoms with Crippen molar-refractivity contribution in [2.45, 2.75) is 32.6 Å². The first kappa shape index (κ1) is 15.8. The van der Waals surface area contributed by atoms with Gasteiger partial charge in [-0.15, -0.1) is 0 Å². The number of amides is 1. The van der Waals surface area contributed by atoms with E-state index in [4.69, 9.17) is 4.74 Å². The fraction of sp³-hybridized carbons (Fsp3) is 0.588. The monoisotopic (exact) mass is 290 g/mol. The molecular formula is C17H26N2O2. The summed E-state index contributed by atoms with van der Waals surface area (Å²) < 4.78 is 5.76. The van der Waals surface area contributed by atoms with Crippen LogP contribution in [0.25, 0.3) is 0 Å². The van der Waals surface area contributed by atoms with Crippen LogP contribution in [-0.4, -0.2) is 43.6 Å². The Morgan fingerprint density at radius 2 is 1.95 bits per heavy atom. The maximum Gasteiger partial charge on any atom is 0.234 e. The van der Waals surface area contributed by atoms with Crippen LogP contribution in [0, 0.1) is 0 Å². The van der Waals surface area contributed by atoms with Crippen LogP contribution in [0.3, 0.4) is 0 Å². The van der Waals surface area contributed by atoms with Gasteiger partial charge in [0.1, 0.15) is 5.75 Å². The highest BCUT2D eigenvalue weighted by Crippen LogP contribution is 2.24. The highest BCUT2D eigenvalue weighted by molar-refractivity contribution is 5.78. The number of ether oxygens (including phenoxy) is 1. The molecule has 0 aliphatic carbocycles. The molecule has 0 saturated carbocycles. The zero-order valence-electron chi connectivity index (χ0n) is 13.3. The second-order valence-corrected chi connectivity index (χ2v) is 6.60. The van der Waals surface area contributed by atoms with Crippen LogP contribution in [0.15, 0.2) is 24.3 Å². The number of piperazine rings is 1. The molecule has 1 amide bonds. The molecule has 1 heterocycles. The van der Waals surface area contributed by atoms with Crippen molar-refractivity contribution in [1.29, 1.82) is 0 Å². The van der Waals surface area contributed by atoms with Crippen molar-refractivity contribution >= 4 is 5.91 Å². The predicted octanol–water partition coefficient (Wildman–Crippen LogP) is 2.18. The number of hydrogen-bond acceptors (Lipinski definition) is 3. The lowest BCUT2D eigenvalue weighted by molar-refractivity contribution is -0.124. The van der Waals surface area contributed by atoms with E-state index >= 15 is 0 Å². The summed E-state index contributed by atoms with van der Waals surface area (Å²) in [6, 6.07) is 8.33. The molecule has 0 unspecified atom stereocenters. The SMILES string of the molecule is CC(C)(C)c1ccc(OCCCN2CCNC(=O)C2)cc1. The number of carbonyl (C=O) groups excluding carboxylic acids is 1. The molecule has 1 aliphatic rings. The van der Waals surface area contributed by atoms with Crippen LogP contribution in [0.4, 0.5) is 0 Å². The Morgan fingerprint density at radius 3 is 2.57 bits per heavy atom. The smallest absolute Gasteiger partial charge is 0.234 e. The van der Waals surface area contributed by atoms with E-state index in [1.54, 1.807) is 0 Å². The summed E-state index contributed by atoms with van der Waals surface area (Å²) in [5.41, 5.74) is 1.49. The van der Waals surface area contributed by atoms with E-state index in [0.29, 0.717) is 13.2 Å². The Morgan fingerprint density at radius 1 is 1.24 bits per heavy atom. The minimum atomic E-state index is 0.125. The summed E-state index contributed by atoms with van der Waals surface area (Å²) in [5, 5.41) is 2.83. The van der Waals surface area contributed by atoms with Gasteiger partial charge in [0.15, 0.2) is 0 Å². The lowest BCUT2D eigenvalue weighted by Gasteiger charge is -2.26. The molecule has 1 saturated heterocycles.